The van der Waals surface area contributed by atoms with Crippen LogP contribution in [0.2, 0.25) is 0 Å². The SMILES string of the molecule is CC1(C)CN(CC2(O)CCNCC2)CCO1. The Bertz CT molecular complexity index is 237. The maximum atomic E-state index is 10.5. The molecule has 4 heteroatoms. The fraction of sp³-hybridized carbons (Fsp3) is 1.00. The number of aliphatic hydroxyl groups is 1. The summed E-state index contributed by atoms with van der Waals surface area (Å²) in [6.45, 7) is 9.54. The molecule has 0 aromatic carbocycles. The Morgan fingerprint density at radius 2 is 2.00 bits per heavy atom. The first kappa shape index (κ1) is 12.3. The molecule has 2 saturated heterocycles. The van der Waals surface area contributed by atoms with Crippen molar-refractivity contribution < 1.29 is 9.84 Å². The van der Waals surface area contributed by atoms with Crippen LogP contribution in [-0.4, -0.2) is 60.5 Å². The van der Waals surface area contributed by atoms with Gasteiger partial charge in [0, 0.05) is 19.6 Å². The quantitative estimate of drug-likeness (QED) is 0.709. The molecule has 0 aromatic heterocycles. The zero-order chi connectivity index (χ0) is 11.6. The molecule has 2 aliphatic rings. The minimum atomic E-state index is -0.487. The summed E-state index contributed by atoms with van der Waals surface area (Å²) in [7, 11) is 0. The average molecular weight is 228 g/mol. The lowest BCUT2D eigenvalue weighted by Gasteiger charge is -2.43. The first-order valence-corrected chi connectivity index (χ1v) is 6.29. The predicted molar refractivity (Wildman–Crippen MR) is 63.5 cm³/mol. The number of hydrogen-bond acceptors (Lipinski definition) is 4. The van der Waals surface area contributed by atoms with E-state index >= 15 is 0 Å². The molecule has 2 fully saturated rings. The lowest BCUT2D eigenvalue weighted by Crippen LogP contribution is -2.55. The van der Waals surface area contributed by atoms with Crippen LogP contribution >= 0.6 is 0 Å². The molecule has 2 aliphatic heterocycles. The normalized spacial score (nSPS) is 30.2. The van der Waals surface area contributed by atoms with Crippen LogP contribution in [0.4, 0.5) is 0 Å². The Hall–Kier alpha value is -0.160. The Labute approximate surface area is 98.0 Å². The minimum absolute atomic E-state index is 0.0679. The van der Waals surface area contributed by atoms with Crippen LogP contribution in [-0.2, 0) is 4.74 Å². The van der Waals surface area contributed by atoms with Gasteiger partial charge < -0.3 is 15.2 Å². The molecule has 0 unspecified atom stereocenters. The van der Waals surface area contributed by atoms with E-state index in [9.17, 15) is 5.11 Å². The first-order chi connectivity index (χ1) is 7.49. The van der Waals surface area contributed by atoms with Gasteiger partial charge in [-0.1, -0.05) is 0 Å². The van der Waals surface area contributed by atoms with E-state index in [1.165, 1.54) is 0 Å². The molecule has 0 spiro atoms. The van der Waals surface area contributed by atoms with Gasteiger partial charge in [0.2, 0.25) is 0 Å². The Morgan fingerprint density at radius 3 is 2.62 bits per heavy atom. The highest BCUT2D eigenvalue weighted by atomic mass is 16.5. The van der Waals surface area contributed by atoms with Crippen molar-refractivity contribution in [2.45, 2.75) is 37.9 Å². The van der Waals surface area contributed by atoms with E-state index in [0.717, 1.165) is 52.2 Å². The maximum Gasteiger partial charge on any atom is 0.0798 e. The van der Waals surface area contributed by atoms with Crippen molar-refractivity contribution in [1.29, 1.82) is 0 Å². The van der Waals surface area contributed by atoms with Crippen LogP contribution in [0.15, 0.2) is 0 Å². The lowest BCUT2D eigenvalue weighted by molar-refractivity contribution is -0.110. The maximum absolute atomic E-state index is 10.5. The summed E-state index contributed by atoms with van der Waals surface area (Å²) in [5.74, 6) is 0. The number of β-amino-alcohol motifs (C(OH)–C–C–N with tert-alkyl or cyclic N) is 1. The Balaban J connectivity index is 1.88. The van der Waals surface area contributed by atoms with Gasteiger partial charge in [-0.2, -0.15) is 0 Å². The number of nitrogens with zero attached hydrogens (tertiary/aromatic N) is 1. The largest absolute Gasteiger partial charge is 0.388 e. The van der Waals surface area contributed by atoms with Crippen LogP contribution in [0.5, 0.6) is 0 Å². The van der Waals surface area contributed by atoms with E-state index < -0.39 is 5.60 Å². The van der Waals surface area contributed by atoms with Gasteiger partial charge >= 0.3 is 0 Å². The highest BCUT2D eigenvalue weighted by Crippen LogP contribution is 2.23. The molecule has 16 heavy (non-hydrogen) atoms. The second kappa shape index (κ2) is 4.61. The molecular formula is C12H24N2O2. The smallest absolute Gasteiger partial charge is 0.0798 e. The Kier molecular flexibility index (Phi) is 3.54. The molecule has 4 nitrogen and oxygen atoms in total. The van der Waals surface area contributed by atoms with Crippen LogP contribution < -0.4 is 5.32 Å². The summed E-state index contributed by atoms with van der Waals surface area (Å²) < 4.78 is 5.68. The van der Waals surface area contributed by atoms with Crippen molar-refractivity contribution in [3.05, 3.63) is 0 Å². The molecule has 0 aliphatic carbocycles. The van der Waals surface area contributed by atoms with Gasteiger partial charge in [-0.15, -0.1) is 0 Å². The van der Waals surface area contributed by atoms with Crippen molar-refractivity contribution >= 4 is 0 Å². The van der Waals surface area contributed by atoms with Crippen molar-refractivity contribution in [3.8, 4) is 0 Å². The highest BCUT2D eigenvalue weighted by molar-refractivity contribution is 4.90. The fourth-order valence-corrected chi connectivity index (χ4v) is 2.72. The van der Waals surface area contributed by atoms with E-state index in [-0.39, 0.29) is 5.60 Å². The fourth-order valence-electron chi connectivity index (χ4n) is 2.72. The van der Waals surface area contributed by atoms with Crippen molar-refractivity contribution in [1.82, 2.24) is 10.2 Å². The van der Waals surface area contributed by atoms with E-state index in [2.05, 4.69) is 24.1 Å². The molecule has 0 saturated carbocycles. The summed E-state index contributed by atoms with van der Waals surface area (Å²) in [6, 6.07) is 0. The summed E-state index contributed by atoms with van der Waals surface area (Å²) in [5.41, 5.74) is -0.555. The zero-order valence-corrected chi connectivity index (χ0v) is 10.5. The molecule has 0 atom stereocenters. The van der Waals surface area contributed by atoms with Gasteiger partial charge in [0.15, 0.2) is 0 Å². The van der Waals surface area contributed by atoms with Crippen LogP contribution in [0.1, 0.15) is 26.7 Å². The van der Waals surface area contributed by atoms with Gasteiger partial charge in [0.05, 0.1) is 17.8 Å². The van der Waals surface area contributed by atoms with Crippen LogP contribution in [0.3, 0.4) is 0 Å². The standard InChI is InChI=1S/C12H24N2O2/c1-11(2)9-14(7-8-16-11)10-12(15)3-5-13-6-4-12/h13,15H,3-10H2,1-2H3. The molecule has 2 heterocycles. The molecule has 2 rings (SSSR count). The number of rotatable bonds is 2. The number of morpholine rings is 1. The number of hydrogen-bond donors (Lipinski definition) is 2. The van der Waals surface area contributed by atoms with Gasteiger partial charge in [0.25, 0.3) is 0 Å². The third-order valence-corrected chi connectivity index (χ3v) is 3.56. The molecular weight excluding hydrogens is 204 g/mol. The lowest BCUT2D eigenvalue weighted by atomic mass is 9.91. The Morgan fingerprint density at radius 1 is 1.31 bits per heavy atom. The number of ether oxygens (including phenoxy) is 1. The molecule has 94 valence electrons. The summed E-state index contributed by atoms with van der Waals surface area (Å²) in [5, 5.41) is 13.8. The van der Waals surface area contributed by atoms with Crippen molar-refractivity contribution in [3.63, 3.8) is 0 Å². The second-order valence-electron chi connectivity index (χ2n) is 5.79. The summed E-state index contributed by atoms with van der Waals surface area (Å²) >= 11 is 0. The topological polar surface area (TPSA) is 44.7 Å². The molecule has 0 bridgehead atoms. The number of nitrogens with one attached hydrogen (secondary N) is 1. The summed E-state index contributed by atoms with van der Waals surface area (Å²) in [6.07, 6.45) is 1.73. The van der Waals surface area contributed by atoms with Gasteiger partial charge in [-0.3, -0.25) is 4.90 Å². The van der Waals surface area contributed by atoms with Crippen molar-refractivity contribution in [2.75, 3.05) is 39.3 Å². The average Bonchev–Trinajstić information content (AvgIpc) is 2.16. The van der Waals surface area contributed by atoms with Gasteiger partial charge in [-0.05, 0) is 39.8 Å². The molecule has 2 N–H and O–H groups in total. The van der Waals surface area contributed by atoms with Gasteiger partial charge in [0.1, 0.15) is 0 Å². The molecule has 0 aromatic rings. The highest BCUT2D eigenvalue weighted by Gasteiger charge is 2.35. The van der Waals surface area contributed by atoms with E-state index in [4.69, 9.17) is 4.74 Å². The van der Waals surface area contributed by atoms with Crippen LogP contribution in [0, 0.1) is 0 Å². The van der Waals surface area contributed by atoms with E-state index in [1.807, 2.05) is 0 Å². The molecule has 0 amide bonds. The zero-order valence-electron chi connectivity index (χ0n) is 10.5. The monoisotopic (exact) mass is 228 g/mol. The van der Waals surface area contributed by atoms with Crippen LogP contribution in [0.25, 0.3) is 0 Å². The minimum Gasteiger partial charge on any atom is -0.388 e. The predicted octanol–water partition coefficient (Wildman–Crippen LogP) is 0.212. The molecule has 0 radical (unpaired) electrons. The van der Waals surface area contributed by atoms with E-state index in [0.29, 0.717) is 0 Å². The third kappa shape index (κ3) is 3.17. The number of piperidine rings is 1. The summed E-state index contributed by atoms with van der Waals surface area (Å²) in [4.78, 5) is 2.34. The third-order valence-electron chi connectivity index (χ3n) is 3.56. The van der Waals surface area contributed by atoms with Gasteiger partial charge in [-0.25, -0.2) is 0 Å². The second-order valence-corrected chi connectivity index (χ2v) is 5.79. The van der Waals surface area contributed by atoms with Crippen molar-refractivity contribution in [2.24, 2.45) is 0 Å². The van der Waals surface area contributed by atoms with E-state index in [1.54, 1.807) is 0 Å². The first-order valence-electron chi connectivity index (χ1n) is 6.29.